The zero-order valence-corrected chi connectivity index (χ0v) is 14.4. The summed E-state index contributed by atoms with van der Waals surface area (Å²) in [6.07, 6.45) is 1.35. The lowest BCUT2D eigenvalue weighted by atomic mass is 9.81. The minimum absolute atomic E-state index is 0.0915. The maximum atomic E-state index is 11.4. The van der Waals surface area contributed by atoms with E-state index in [0.717, 1.165) is 24.2 Å². The molecule has 1 aliphatic carbocycles. The number of fused-ring (bicyclic) bond motifs is 2. The monoisotopic (exact) mass is 330 g/mol. The zero-order chi connectivity index (χ0) is 17.2. The zero-order valence-electron chi connectivity index (χ0n) is 14.4. The molecule has 3 aromatic carbocycles. The Bertz CT molecular complexity index is 837. The van der Waals surface area contributed by atoms with Gasteiger partial charge in [0.25, 0.3) is 0 Å². The predicted octanol–water partition coefficient (Wildman–Crippen LogP) is 4.66. The van der Waals surface area contributed by atoms with E-state index in [1.165, 1.54) is 22.3 Å². The maximum absolute atomic E-state index is 11.4. The summed E-state index contributed by atoms with van der Waals surface area (Å²) in [7, 11) is 1.65. The van der Waals surface area contributed by atoms with Gasteiger partial charge in [-0.2, -0.15) is 0 Å². The molecular weight excluding hydrogens is 308 g/mol. The molecule has 0 bridgehead atoms. The lowest BCUT2D eigenvalue weighted by molar-refractivity contribution is 0.155. The average Bonchev–Trinajstić information content (AvgIpc) is 2.84. The Labute approximate surface area is 148 Å². The number of rotatable bonds is 3. The minimum Gasteiger partial charge on any atom is -0.496 e. The van der Waals surface area contributed by atoms with Crippen LogP contribution in [0.3, 0.4) is 0 Å². The fraction of sp³-hybridized carbons (Fsp3) is 0.217. The molecule has 0 fully saturated rings. The van der Waals surface area contributed by atoms with Gasteiger partial charge in [0.05, 0.1) is 13.2 Å². The number of hydrogen-bond donors (Lipinski definition) is 1. The van der Waals surface area contributed by atoms with Crippen LogP contribution in [0.1, 0.15) is 39.8 Å². The number of aliphatic hydroxyl groups is 1. The lowest BCUT2D eigenvalue weighted by Gasteiger charge is -2.27. The molecule has 1 N–H and O–H groups in total. The van der Waals surface area contributed by atoms with Gasteiger partial charge in [0.1, 0.15) is 5.75 Å². The van der Waals surface area contributed by atoms with E-state index in [4.69, 9.17) is 4.74 Å². The van der Waals surface area contributed by atoms with Gasteiger partial charge in [-0.15, -0.1) is 0 Å². The highest BCUT2D eigenvalue weighted by atomic mass is 16.5. The number of ether oxygens (including phenoxy) is 1. The van der Waals surface area contributed by atoms with Crippen LogP contribution in [0.25, 0.3) is 0 Å². The molecule has 0 aliphatic heterocycles. The van der Waals surface area contributed by atoms with Crippen molar-refractivity contribution in [3.8, 4) is 5.75 Å². The van der Waals surface area contributed by atoms with E-state index in [1.54, 1.807) is 7.11 Å². The fourth-order valence-electron chi connectivity index (χ4n) is 4.00. The van der Waals surface area contributed by atoms with Crippen molar-refractivity contribution >= 4 is 0 Å². The third-order valence-electron chi connectivity index (χ3n) is 5.22. The van der Waals surface area contributed by atoms with Crippen molar-refractivity contribution in [2.24, 2.45) is 0 Å². The largest absolute Gasteiger partial charge is 0.496 e. The second-order valence-electron chi connectivity index (χ2n) is 6.56. The molecule has 2 nitrogen and oxygen atoms in total. The smallest absolute Gasteiger partial charge is 0.124 e. The van der Waals surface area contributed by atoms with Gasteiger partial charge in [-0.3, -0.25) is 0 Å². The van der Waals surface area contributed by atoms with Gasteiger partial charge >= 0.3 is 0 Å². The minimum atomic E-state index is -0.656. The van der Waals surface area contributed by atoms with E-state index < -0.39 is 6.10 Å². The van der Waals surface area contributed by atoms with E-state index >= 15 is 0 Å². The van der Waals surface area contributed by atoms with Gasteiger partial charge in [-0.05, 0) is 41.2 Å². The van der Waals surface area contributed by atoms with Crippen LogP contribution < -0.4 is 4.74 Å². The Morgan fingerprint density at radius 1 is 0.800 bits per heavy atom. The molecule has 0 heterocycles. The van der Waals surface area contributed by atoms with Gasteiger partial charge in [-0.1, -0.05) is 66.7 Å². The number of methoxy groups -OCH3 is 1. The van der Waals surface area contributed by atoms with Crippen LogP contribution in [-0.4, -0.2) is 12.2 Å². The van der Waals surface area contributed by atoms with Crippen LogP contribution in [0.4, 0.5) is 0 Å². The van der Waals surface area contributed by atoms with Crippen molar-refractivity contribution in [1.29, 1.82) is 0 Å². The van der Waals surface area contributed by atoms with Crippen molar-refractivity contribution in [2.75, 3.05) is 7.11 Å². The molecular formula is C23H22O2. The Morgan fingerprint density at radius 3 is 1.92 bits per heavy atom. The Kier molecular flexibility index (Phi) is 4.29. The molecule has 0 aromatic heterocycles. The lowest BCUT2D eigenvalue weighted by Crippen LogP contribution is -2.15. The highest BCUT2D eigenvalue weighted by Crippen LogP contribution is 2.44. The predicted molar refractivity (Wildman–Crippen MR) is 100 cm³/mol. The van der Waals surface area contributed by atoms with Crippen LogP contribution in [0.15, 0.2) is 72.8 Å². The summed E-state index contributed by atoms with van der Waals surface area (Å²) in [6.45, 7) is 0. The molecule has 0 amide bonds. The van der Waals surface area contributed by atoms with Crippen LogP contribution in [-0.2, 0) is 12.8 Å². The summed E-state index contributed by atoms with van der Waals surface area (Å²) >= 11 is 0. The van der Waals surface area contributed by atoms with Gasteiger partial charge in [0.2, 0.25) is 0 Å². The first-order chi connectivity index (χ1) is 12.3. The molecule has 0 radical (unpaired) electrons. The maximum Gasteiger partial charge on any atom is 0.124 e. The van der Waals surface area contributed by atoms with Crippen molar-refractivity contribution in [3.05, 3.63) is 101 Å². The van der Waals surface area contributed by atoms with E-state index in [2.05, 4.69) is 48.5 Å². The molecule has 4 rings (SSSR count). The molecule has 1 atom stereocenters. The fourth-order valence-corrected chi connectivity index (χ4v) is 4.00. The van der Waals surface area contributed by atoms with Gasteiger partial charge in [0, 0.05) is 11.5 Å². The molecule has 1 aliphatic rings. The second-order valence-corrected chi connectivity index (χ2v) is 6.56. The third-order valence-corrected chi connectivity index (χ3v) is 5.22. The number of para-hydroxylation sites is 1. The van der Waals surface area contributed by atoms with Crippen LogP contribution in [0, 0.1) is 0 Å². The van der Waals surface area contributed by atoms with E-state index in [-0.39, 0.29) is 5.92 Å². The molecule has 0 saturated heterocycles. The van der Waals surface area contributed by atoms with Crippen molar-refractivity contribution in [2.45, 2.75) is 24.9 Å². The molecule has 0 saturated carbocycles. The molecule has 1 unspecified atom stereocenters. The molecule has 126 valence electrons. The SMILES string of the molecule is COc1ccccc1C(O)C1c2ccccc2CCc2ccccc21. The summed E-state index contributed by atoms with van der Waals surface area (Å²) in [4.78, 5) is 0. The van der Waals surface area contributed by atoms with Gasteiger partial charge in [0.15, 0.2) is 0 Å². The Balaban J connectivity index is 1.90. The summed E-state index contributed by atoms with van der Waals surface area (Å²) < 4.78 is 5.50. The molecule has 2 heteroatoms. The van der Waals surface area contributed by atoms with E-state index in [9.17, 15) is 5.11 Å². The summed E-state index contributed by atoms with van der Waals surface area (Å²) in [5, 5.41) is 11.4. The Morgan fingerprint density at radius 2 is 1.32 bits per heavy atom. The molecule has 3 aromatic rings. The van der Waals surface area contributed by atoms with Gasteiger partial charge in [-0.25, -0.2) is 0 Å². The van der Waals surface area contributed by atoms with Crippen molar-refractivity contribution < 1.29 is 9.84 Å². The first-order valence-electron chi connectivity index (χ1n) is 8.76. The summed E-state index contributed by atoms with van der Waals surface area (Å²) in [5.74, 6) is 0.639. The third kappa shape index (κ3) is 2.83. The van der Waals surface area contributed by atoms with Crippen LogP contribution in [0.2, 0.25) is 0 Å². The molecule has 25 heavy (non-hydrogen) atoms. The molecule has 0 spiro atoms. The van der Waals surface area contributed by atoms with Crippen molar-refractivity contribution in [1.82, 2.24) is 0 Å². The first kappa shape index (κ1) is 15.9. The average molecular weight is 330 g/mol. The van der Waals surface area contributed by atoms with E-state index in [1.807, 2.05) is 24.3 Å². The van der Waals surface area contributed by atoms with Crippen LogP contribution in [0.5, 0.6) is 5.75 Å². The standard InChI is InChI=1S/C23H22O2/c1-25-21-13-7-6-12-20(21)23(24)22-18-10-4-2-8-16(18)14-15-17-9-3-5-11-19(17)22/h2-13,22-24H,14-15H2,1H3. The highest BCUT2D eigenvalue weighted by Gasteiger charge is 2.31. The quantitative estimate of drug-likeness (QED) is 0.757. The second kappa shape index (κ2) is 6.73. The number of benzene rings is 3. The van der Waals surface area contributed by atoms with Crippen molar-refractivity contribution in [3.63, 3.8) is 0 Å². The van der Waals surface area contributed by atoms with E-state index in [0.29, 0.717) is 0 Å². The topological polar surface area (TPSA) is 29.5 Å². The Hall–Kier alpha value is -2.58. The normalized spacial score (nSPS) is 15.0. The number of aliphatic hydroxyl groups excluding tert-OH is 1. The summed E-state index contributed by atoms with van der Waals surface area (Å²) in [5.41, 5.74) is 5.90. The van der Waals surface area contributed by atoms with Gasteiger partial charge < -0.3 is 9.84 Å². The summed E-state index contributed by atoms with van der Waals surface area (Å²) in [6, 6.07) is 24.7. The first-order valence-corrected chi connectivity index (χ1v) is 8.76. The number of aryl methyl sites for hydroxylation is 2. The highest BCUT2D eigenvalue weighted by molar-refractivity contribution is 5.48. The van der Waals surface area contributed by atoms with Crippen LogP contribution >= 0.6 is 0 Å². The number of hydrogen-bond acceptors (Lipinski definition) is 2.